The number of hydrogen-bond donors (Lipinski definition) is 1. The standard InChI is InChI=1S/C13H12F2N4OS/c1-7(14)5-6-18-11(20)8-3-2-4-9(15)10(8)19-12(18)16-17-13(19)21/h2-4,7H,5-6H2,1H3,(H,17,21). The zero-order chi connectivity index (χ0) is 15.1. The second-order valence-electron chi connectivity index (χ2n) is 4.83. The maximum absolute atomic E-state index is 14.1. The molecule has 1 unspecified atom stereocenters. The molecule has 1 N–H and O–H groups in total. The van der Waals surface area contributed by atoms with E-state index < -0.39 is 17.5 Å². The minimum absolute atomic E-state index is 0.0841. The molecule has 2 heterocycles. The number of rotatable bonds is 3. The molecule has 0 bridgehead atoms. The summed E-state index contributed by atoms with van der Waals surface area (Å²) in [5.74, 6) is -0.374. The van der Waals surface area contributed by atoms with Gasteiger partial charge >= 0.3 is 0 Å². The van der Waals surface area contributed by atoms with Gasteiger partial charge in [0.2, 0.25) is 10.5 Å². The van der Waals surface area contributed by atoms with E-state index in [2.05, 4.69) is 10.2 Å². The number of fused-ring (bicyclic) bond motifs is 3. The van der Waals surface area contributed by atoms with E-state index in [-0.39, 0.29) is 34.4 Å². The number of nitrogens with one attached hydrogen (secondary N) is 1. The first-order chi connectivity index (χ1) is 10.0. The first-order valence-electron chi connectivity index (χ1n) is 6.43. The van der Waals surface area contributed by atoms with Gasteiger partial charge in [-0.2, -0.15) is 0 Å². The Morgan fingerprint density at radius 1 is 1.48 bits per heavy atom. The molecule has 3 rings (SSSR count). The lowest BCUT2D eigenvalue weighted by molar-refractivity contribution is 0.325. The summed E-state index contributed by atoms with van der Waals surface area (Å²) in [6, 6.07) is 4.23. The number of aryl methyl sites for hydroxylation is 1. The lowest BCUT2D eigenvalue weighted by Crippen LogP contribution is -2.24. The highest BCUT2D eigenvalue weighted by atomic mass is 32.1. The lowest BCUT2D eigenvalue weighted by Gasteiger charge is -2.10. The minimum atomic E-state index is -1.05. The normalized spacial score (nSPS) is 13.1. The second kappa shape index (κ2) is 5.03. The second-order valence-corrected chi connectivity index (χ2v) is 5.21. The Hall–Kier alpha value is -2.09. The van der Waals surface area contributed by atoms with Crippen LogP contribution in [-0.2, 0) is 6.54 Å². The van der Waals surface area contributed by atoms with Crippen LogP contribution in [0.4, 0.5) is 8.78 Å². The molecule has 0 aliphatic heterocycles. The molecule has 0 amide bonds. The van der Waals surface area contributed by atoms with Gasteiger partial charge in [0.1, 0.15) is 5.82 Å². The molecule has 0 fully saturated rings. The number of aromatic amines is 1. The molecule has 0 aliphatic carbocycles. The summed E-state index contributed by atoms with van der Waals surface area (Å²) in [4.78, 5) is 12.5. The van der Waals surface area contributed by atoms with Crippen molar-refractivity contribution in [1.82, 2.24) is 19.2 Å². The third kappa shape index (κ3) is 2.15. The Bertz CT molecular complexity index is 941. The number of hydrogen-bond acceptors (Lipinski definition) is 3. The number of aromatic nitrogens is 4. The molecule has 2 aromatic heterocycles. The molecule has 5 nitrogen and oxygen atoms in total. The van der Waals surface area contributed by atoms with Crippen molar-refractivity contribution in [3.05, 3.63) is 39.1 Å². The Kier molecular flexibility index (Phi) is 3.32. The Morgan fingerprint density at radius 3 is 2.95 bits per heavy atom. The van der Waals surface area contributed by atoms with E-state index in [0.29, 0.717) is 0 Å². The van der Waals surface area contributed by atoms with Crippen LogP contribution >= 0.6 is 12.2 Å². The van der Waals surface area contributed by atoms with Crippen LogP contribution in [0.3, 0.4) is 0 Å². The van der Waals surface area contributed by atoms with E-state index in [9.17, 15) is 13.6 Å². The maximum Gasteiger partial charge on any atom is 0.262 e. The average Bonchev–Trinajstić information content (AvgIpc) is 2.80. The van der Waals surface area contributed by atoms with Gasteiger partial charge in [-0.1, -0.05) is 6.07 Å². The molecule has 0 aliphatic rings. The van der Waals surface area contributed by atoms with Gasteiger partial charge in [0, 0.05) is 6.54 Å². The molecule has 3 aromatic rings. The Labute approximate surface area is 122 Å². The molecule has 0 spiro atoms. The van der Waals surface area contributed by atoms with Gasteiger partial charge in [-0.25, -0.2) is 13.9 Å². The summed E-state index contributed by atoms with van der Waals surface area (Å²) in [6.45, 7) is 1.56. The number of alkyl halides is 1. The van der Waals surface area contributed by atoms with Crippen LogP contribution in [-0.4, -0.2) is 25.3 Å². The fraction of sp³-hybridized carbons (Fsp3) is 0.308. The van der Waals surface area contributed by atoms with Crippen molar-refractivity contribution in [2.75, 3.05) is 0 Å². The smallest absolute Gasteiger partial charge is 0.262 e. The lowest BCUT2D eigenvalue weighted by atomic mass is 10.2. The van der Waals surface area contributed by atoms with Crippen molar-refractivity contribution in [2.45, 2.75) is 26.1 Å². The highest BCUT2D eigenvalue weighted by molar-refractivity contribution is 7.71. The van der Waals surface area contributed by atoms with Crippen molar-refractivity contribution in [2.24, 2.45) is 0 Å². The van der Waals surface area contributed by atoms with Gasteiger partial charge < -0.3 is 0 Å². The van der Waals surface area contributed by atoms with E-state index in [1.165, 1.54) is 34.1 Å². The Balaban J connectivity index is 2.45. The van der Waals surface area contributed by atoms with Crippen molar-refractivity contribution in [1.29, 1.82) is 0 Å². The molecular formula is C13H12F2N4OS. The van der Waals surface area contributed by atoms with Gasteiger partial charge in [0.25, 0.3) is 5.56 Å². The molecule has 0 radical (unpaired) electrons. The first kappa shape index (κ1) is 13.9. The van der Waals surface area contributed by atoms with Gasteiger partial charge in [0.05, 0.1) is 17.1 Å². The monoisotopic (exact) mass is 310 g/mol. The molecule has 0 saturated carbocycles. The summed E-state index contributed by atoms with van der Waals surface area (Å²) >= 11 is 5.10. The van der Waals surface area contributed by atoms with Crippen LogP contribution in [0.5, 0.6) is 0 Å². The molecule has 1 aromatic carbocycles. The number of para-hydroxylation sites is 1. The van der Waals surface area contributed by atoms with Gasteiger partial charge in [0.15, 0.2) is 0 Å². The summed E-state index contributed by atoms with van der Waals surface area (Å²) in [5.41, 5.74) is -0.326. The SMILES string of the molecule is CC(F)CCn1c(=O)c2cccc(F)c2n2c(=S)[nH]nc12. The van der Waals surface area contributed by atoms with Gasteiger partial charge in [-0.05, 0) is 37.7 Å². The predicted molar refractivity (Wildman–Crippen MR) is 77.3 cm³/mol. The fourth-order valence-electron chi connectivity index (χ4n) is 2.33. The topological polar surface area (TPSA) is 55.1 Å². The molecule has 0 saturated heterocycles. The van der Waals surface area contributed by atoms with Crippen molar-refractivity contribution >= 4 is 28.9 Å². The molecule has 21 heavy (non-hydrogen) atoms. The van der Waals surface area contributed by atoms with Crippen LogP contribution in [0, 0.1) is 10.6 Å². The van der Waals surface area contributed by atoms with E-state index in [1.54, 1.807) is 0 Å². The van der Waals surface area contributed by atoms with Gasteiger partial charge in [-0.15, -0.1) is 5.10 Å². The van der Waals surface area contributed by atoms with Crippen LogP contribution in [0.1, 0.15) is 13.3 Å². The third-order valence-electron chi connectivity index (χ3n) is 3.33. The van der Waals surface area contributed by atoms with Crippen LogP contribution in [0.2, 0.25) is 0 Å². The number of H-pyrrole nitrogens is 1. The van der Waals surface area contributed by atoms with E-state index in [1.807, 2.05) is 0 Å². The summed E-state index contributed by atoms with van der Waals surface area (Å²) in [7, 11) is 0. The molecule has 1 atom stereocenters. The maximum atomic E-state index is 14.1. The van der Waals surface area contributed by atoms with Gasteiger partial charge in [-0.3, -0.25) is 13.8 Å². The average molecular weight is 310 g/mol. The predicted octanol–water partition coefficient (Wildman–Crippen LogP) is 2.59. The zero-order valence-corrected chi connectivity index (χ0v) is 12.0. The highest BCUT2D eigenvalue weighted by Gasteiger charge is 2.16. The number of halogens is 2. The van der Waals surface area contributed by atoms with Crippen LogP contribution in [0.25, 0.3) is 16.7 Å². The molecule has 8 heteroatoms. The zero-order valence-electron chi connectivity index (χ0n) is 11.1. The van der Waals surface area contributed by atoms with Crippen molar-refractivity contribution in [3.63, 3.8) is 0 Å². The number of nitrogens with zero attached hydrogens (tertiary/aromatic N) is 3. The number of benzene rings is 1. The highest BCUT2D eigenvalue weighted by Crippen LogP contribution is 2.17. The fourth-order valence-corrected chi connectivity index (χ4v) is 2.55. The summed E-state index contributed by atoms with van der Waals surface area (Å²) in [5, 5.41) is 6.70. The van der Waals surface area contributed by atoms with Crippen LogP contribution < -0.4 is 5.56 Å². The van der Waals surface area contributed by atoms with Crippen molar-refractivity contribution in [3.8, 4) is 0 Å². The van der Waals surface area contributed by atoms with Crippen molar-refractivity contribution < 1.29 is 8.78 Å². The molecule has 110 valence electrons. The quantitative estimate of drug-likeness (QED) is 0.757. The Morgan fingerprint density at radius 2 is 2.24 bits per heavy atom. The van der Waals surface area contributed by atoms with Crippen LogP contribution in [0.15, 0.2) is 23.0 Å². The first-order valence-corrected chi connectivity index (χ1v) is 6.83. The summed E-state index contributed by atoms with van der Waals surface area (Å²) in [6.07, 6.45) is -0.891. The molecular weight excluding hydrogens is 298 g/mol. The largest absolute Gasteiger partial charge is 0.276 e. The van der Waals surface area contributed by atoms with E-state index >= 15 is 0 Å². The van der Waals surface area contributed by atoms with E-state index in [0.717, 1.165) is 0 Å². The third-order valence-corrected chi connectivity index (χ3v) is 3.61. The summed E-state index contributed by atoms with van der Waals surface area (Å²) < 4.78 is 30.0. The van der Waals surface area contributed by atoms with E-state index in [4.69, 9.17) is 12.2 Å². The minimum Gasteiger partial charge on any atom is -0.276 e.